The third kappa shape index (κ3) is 4.47. The van der Waals surface area contributed by atoms with Gasteiger partial charge in [-0.3, -0.25) is 19.8 Å². The Bertz CT molecular complexity index is 1070. The Labute approximate surface area is 178 Å². The van der Waals surface area contributed by atoms with Crippen LogP contribution in [0.1, 0.15) is 12.5 Å². The molecule has 0 bridgehead atoms. The molecule has 2 aromatic carbocycles. The van der Waals surface area contributed by atoms with Crippen LogP contribution in [0.25, 0.3) is 6.08 Å². The van der Waals surface area contributed by atoms with E-state index in [1.165, 1.54) is 30.3 Å². The zero-order valence-corrected chi connectivity index (χ0v) is 16.8. The lowest BCUT2D eigenvalue weighted by Crippen LogP contribution is -2.54. The summed E-state index contributed by atoms with van der Waals surface area (Å²) in [6.07, 6.45) is 6.64. The summed E-state index contributed by atoms with van der Waals surface area (Å²) in [4.78, 5) is 26.5. The predicted octanol–water partition coefficient (Wildman–Crippen LogP) is 3.07. The Morgan fingerprint density at radius 3 is 2.57 bits per heavy atom. The number of terminal acetylenes is 1. The van der Waals surface area contributed by atoms with Gasteiger partial charge in [0, 0.05) is 0 Å². The van der Waals surface area contributed by atoms with Crippen LogP contribution in [-0.2, 0) is 9.59 Å². The standard InChI is InChI=1S/C22H17FN2O4S/c1-3-11-29-18-10-5-14(13-19(18)28-4-2)12-17-20(26)24-22(30)25(21(17)27)16-8-6-15(23)7-9-16/h1,5-10,12-13H,4,11H2,2H3,(H,24,26,30). The van der Waals surface area contributed by atoms with Gasteiger partial charge in [0.05, 0.1) is 12.3 Å². The average molecular weight is 424 g/mol. The first kappa shape index (κ1) is 21.0. The topological polar surface area (TPSA) is 67.9 Å². The number of thiocarbonyl (C=S) groups is 1. The fourth-order valence-corrected chi connectivity index (χ4v) is 3.05. The fraction of sp³-hybridized carbons (Fsp3) is 0.136. The molecule has 1 fully saturated rings. The summed E-state index contributed by atoms with van der Waals surface area (Å²) in [5.74, 6) is 1.55. The summed E-state index contributed by atoms with van der Waals surface area (Å²) in [7, 11) is 0. The second-order valence-electron chi connectivity index (χ2n) is 6.07. The number of benzene rings is 2. The molecule has 152 valence electrons. The van der Waals surface area contributed by atoms with Gasteiger partial charge in [0.2, 0.25) is 0 Å². The van der Waals surface area contributed by atoms with Crippen molar-refractivity contribution in [3.05, 3.63) is 59.4 Å². The Hall–Kier alpha value is -3.70. The maximum atomic E-state index is 13.2. The number of carbonyl (C=O) groups excluding carboxylic acids is 2. The van der Waals surface area contributed by atoms with Crippen molar-refractivity contribution in [3.8, 4) is 23.8 Å². The molecule has 1 saturated heterocycles. The van der Waals surface area contributed by atoms with E-state index in [-0.39, 0.29) is 17.3 Å². The van der Waals surface area contributed by atoms with Crippen LogP contribution in [0.5, 0.6) is 11.5 Å². The average Bonchev–Trinajstić information content (AvgIpc) is 2.72. The van der Waals surface area contributed by atoms with E-state index in [1.807, 2.05) is 6.92 Å². The van der Waals surface area contributed by atoms with Gasteiger partial charge < -0.3 is 9.47 Å². The van der Waals surface area contributed by atoms with Crippen molar-refractivity contribution in [2.45, 2.75) is 6.92 Å². The molecular weight excluding hydrogens is 407 g/mol. The molecule has 0 saturated carbocycles. The summed E-state index contributed by atoms with van der Waals surface area (Å²) in [5.41, 5.74) is 0.745. The van der Waals surface area contributed by atoms with E-state index in [9.17, 15) is 14.0 Å². The Kier molecular flexibility index (Phi) is 6.45. The van der Waals surface area contributed by atoms with Gasteiger partial charge in [-0.25, -0.2) is 4.39 Å². The van der Waals surface area contributed by atoms with Gasteiger partial charge >= 0.3 is 0 Å². The lowest BCUT2D eigenvalue weighted by molar-refractivity contribution is -0.122. The van der Waals surface area contributed by atoms with Gasteiger partial charge in [0.25, 0.3) is 11.8 Å². The normalized spacial score (nSPS) is 15.0. The van der Waals surface area contributed by atoms with Gasteiger partial charge in [-0.1, -0.05) is 12.0 Å². The second kappa shape index (κ2) is 9.20. The molecule has 1 aliphatic heterocycles. The zero-order chi connectivity index (χ0) is 21.7. The predicted molar refractivity (Wildman–Crippen MR) is 115 cm³/mol. The molecule has 0 spiro atoms. The van der Waals surface area contributed by atoms with Crippen molar-refractivity contribution in [1.29, 1.82) is 0 Å². The summed E-state index contributed by atoms with van der Waals surface area (Å²) in [6.45, 7) is 2.28. The minimum absolute atomic E-state index is 0.0749. The van der Waals surface area contributed by atoms with Gasteiger partial charge in [-0.05, 0) is 67.2 Å². The van der Waals surface area contributed by atoms with E-state index >= 15 is 0 Å². The Balaban J connectivity index is 1.96. The van der Waals surface area contributed by atoms with Gasteiger partial charge in [0.15, 0.2) is 16.6 Å². The zero-order valence-electron chi connectivity index (χ0n) is 16.0. The number of hydrogen-bond acceptors (Lipinski definition) is 5. The molecule has 0 unspecified atom stereocenters. The maximum Gasteiger partial charge on any atom is 0.270 e. The molecule has 0 radical (unpaired) electrons. The fourth-order valence-electron chi connectivity index (χ4n) is 2.77. The number of ether oxygens (including phenoxy) is 2. The molecule has 6 nitrogen and oxygen atoms in total. The minimum Gasteiger partial charge on any atom is -0.490 e. The molecule has 30 heavy (non-hydrogen) atoms. The molecule has 1 heterocycles. The monoisotopic (exact) mass is 424 g/mol. The number of halogens is 1. The molecule has 1 aliphatic rings. The lowest BCUT2D eigenvalue weighted by atomic mass is 10.1. The van der Waals surface area contributed by atoms with Crippen LogP contribution >= 0.6 is 12.2 Å². The largest absolute Gasteiger partial charge is 0.490 e. The second-order valence-corrected chi connectivity index (χ2v) is 6.45. The van der Waals surface area contributed by atoms with Gasteiger partial charge in [-0.2, -0.15) is 0 Å². The summed E-state index contributed by atoms with van der Waals surface area (Å²) >= 11 is 5.13. The first-order valence-electron chi connectivity index (χ1n) is 8.94. The molecule has 0 aromatic heterocycles. The number of nitrogens with zero attached hydrogens (tertiary/aromatic N) is 1. The number of carbonyl (C=O) groups is 2. The molecule has 2 amide bonds. The molecule has 0 aliphatic carbocycles. The summed E-state index contributed by atoms with van der Waals surface area (Å²) in [5, 5.41) is 2.40. The first-order valence-corrected chi connectivity index (χ1v) is 9.35. The highest BCUT2D eigenvalue weighted by atomic mass is 32.1. The minimum atomic E-state index is -0.631. The van der Waals surface area contributed by atoms with Crippen molar-refractivity contribution in [2.75, 3.05) is 18.1 Å². The highest BCUT2D eigenvalue weighted by Gasteiger charge is 2.34. The number of amides is 2. The van der Waals surface area contributed by atoms with Crippen molar-refractivity contribution in [3.63, 3.8) is 0 Å². The number of hydrogen-bond donors (Lipinski definition) is 1. The molecule has 0 atom stereocenters. The third-order valence-corrected chi connectivity index (χ3v) is 4.36. The summed E-state index contributed by atoms with van der Waals surface area (Å²) in [6, 6.07) is 10.2. The van der Waals surface area contributed by atoms with E-state index in [0.717, 1.165) is 4.90 Å². The molecule has 3 rings (SSSR count). The van der Waals surface area contributed by atoms with E-state index in [1.54, 1.807) is 18.2 Å². The van der Waals surface area contributed by atoms with Crippen LogP contribution in [0.15, 0.2) is 48.0 Å². The van der Waals surface area contributed by atoms with Crippen LogP contribution in [0, 0.1) is 18.2 Å². The van der Waals surface area contributed by atoms with Crippen molar-refractivity contribution in [1.82, 2.24) is 5.32 Å². The van der Waals surface area contributed by atoms with Gasteiger partial charge in [0.1, 0.15) is 18.0 Å². The molecule has 1 N–H and O–H groups in total. The van der Waals surface area contributed by atoms with E-state index in [4.69, 9.17) is 28.1 Å². The number of anilines is 1. The Morgan fingerprint density at radius 2 is 1.90 bits per heavy atom. The van der Waals surface area contributed by atoms with E-state index in [0.29, 0.717) is 29.4 Å². The number of nitrogens with one attached hydrogen (secondary N) is 1. The van der Waals surface area contributed by atoms with Crippen LogP contribution in [-0.4, -0.2) is 30.1 Å². The molecular formula is C22H17FN2O4S. The first-order chi connectivity index (χ1) is 14.4. The molecule has 8 heteroatoms. The van der Waals surface area contributed by atoms with Crippen LogP contribution in [0.3, 0.4) is 0 Å². The third-order valence-electron chi connectivity index (χ3n) is 4.08. The molecule has 2 aromatic rings. The smallest absolute Gasteiger partial charge is 0.270 e. The van der Waals surface area contributed by atoms with E-state index < -0.39 is 17.6 Å². The van der Waals surface area contributed by atoms with Crippen molar-refractivity contribution in [2.24, 2.45) is 0 Å². The Morgan fingerprint density at radius 1 is 1.17 bits per heavy atom. The highest BCUT2D eigenvalue weighted by molar-refractivity contribution is 7.80. The van der Waals surface area contributed by atoms with Gasteiger partial charge in [-0.15, -0.1) is 6.42 Å². The maximum absolute atomic E-state index is 13.2. The number of rotatable bonds is 6. The van der Waals surface area contributed by atoms with Crippen molar-refractivity contribution < 1.29 is 23.5 Å². The van der Waals surface area contributed by atoms with Crippen LogP contribution in [0.2, 0.25) is 0 Å². The van der Waals surface area contributed by atoms with E-state index in [2.05, 4.69) is 11.2 Å². The SMILES string of the molecule is C#CCOc1ccc(C=C2C(=O)NC(=S)N(c3ccc(F)cc3)C2=O)cc1OCC. The summed E-state index contributed by atoms with van der Waals surface area (Å²) < 4.78 is 24.2. The quantitative estimate of drug-likeness (QED) is 0.334. The van der Waals surface area contributed by atoms with Crippen LogP contribution < -0.4 is 19.7 Å². The van der Waals surface area contributed by atoms with Crippen LogP contribution in [0.4, 0.5) is 10.1 Å². The highest BCUT2D eigenvalue weighted by Crippen LogP contribution is 2.30. The lowest BCUT2D eigenvalue weighted by Gasteiger charge is -2.28. The van der Waals surface area contributed by atoms with Crippen molar-refractivity contribution >= 4 is 40.9 Å².